The highest BCUT2D eigenvalue weighted by Gasteiger charge is 2.19. The van der Waals surface area contributed by atoms with Crippen LogP contribution in [0.2, 0.25) is 0 Å². The highest BCUT2D eigenvalue weighted by atomic mass is 16.1. The molecular formula is C12H19N3O. The van der Waals surface area contributed by atoms with Crippen molar-refractivity contribution in [1.82, 2.24) is 10.3 Å². The number of hydrogen-bond acceptors (Lipinski definition) is 3. The summed E-state index contributed by atoms with van der Waals surface area (Å²) < 4.78 is 0. The number of nitrogens with zero attached hydrogens (tertiary/aromatic N) is 1. The molecule has 0 aliphatic rings. The average Bonchev–Trinajstić information content (AvgIpc) is 2.28. The van der Waals surface area contributed by atoms with Gasteiger partial charge in [-0.25, -0.2) is 0 Å². The summed E-state index contributed by atoms with van der Waals surface area (Å²) in [6, 6.07) is 3.76. The molecule has 1 unspecified atom stereocenters. The lowest BCUT2D eigenvalue weighted by atomic mass is 9.95. The first-order valence-electron chi connectivity index (χ1n) is 5.51. The number of nitrogens with one attached hydrogen (secondary N) is 1. The van der Waals surface area contributed by atoms with E-state index in [4.69, 9.17) is 5.73 Å². The van der Waals surface area contributed by atoms with Gasteiger partial charge in [0.05, 0.1) is 5.92 Å². The topological polar surface area (TPSA) is 68.0 Å². The van der Waals surface area contributed by atoms with Crippen molar-refractivity contribution in [3.05, 3.63) is 30.1 Å². The van der Waals surface area contributed by atoms with Crippen LogP contribution in [0.3, 0.4) is 0 Å². The van der Waals surface area contributed by atoms with Crippen LogP contribution >= 0.6 is 0 Å². The lowest BCUT2D eigenvalue weighted by molar-refractivity contribution is -0.126. The predicted molar refractivity (Wildman–Crippen MR) is 63.5 cm³/mol. The van der Waals surface area contributed by atoms with Crippen LogP contribution in [0.25, 0.3) is 0 Å². The molecule has 1 rings (SSSR count). The molecule has 0 spiro atoms. The van der Waals surface area contributed by atoms with E-state index in [1.807, 2.05) is 26.0 Å². The molecule has 4 heteroatoms. The summed E-state index contributed by atoms with van der Waals surface area (Å²) in [5.74, 6) is 0.179. The number of carbonyl (C=O) groups is 1. The van der Waals surface area contributed by atoms with Crippen molar-refractivity contribution in [1.29, 1.82) is 0 Å². The first-order chi connectivity index (χ1) is 7.65. The molecule has 1 atom stereocenters. The number of rotatable bonds is 5. The SMILES string of the molecule is CC(C)C(CN)C(=O)NCc1ccncc1. The highest BCUT2D eigenvalue weighted by molar-refractivity contribution is 5.79. The monoisotopic (exact) mass is 221 g/mol. The molecule has 0 fully saturated rings. The molecule has 1 amide bonds. The maximum absolute atomic E-state index is 11.8. The van der Waals surface area contributed by atoms with E-state index in [0.29, 0.717) is 13.1 Å². The van der Waals surface area contributed by atoms with E-state index in [2.05, 4.69) is 10.3 Å². The second-order valence-corrected chi connectivity index (χ2v) is 4.16. The summed E-state index contributed by atoms with van der Waals surface area (Å²) in [6.07, 6.45) is 3.43. The fourth-order valence-electron chi connectivity index (χ4n) is 1.50. The van der Waals surface area contributed by atoms with Gasteiger partial charge in [0.2, 0.25) is 5.91 Å². The number of aromatic nitrogens is 1. The summed E-state index contributed by atoms with van der Waals surface area (Å²) in [6.45, 7) is 4.93. The second kappa shape index (κ2) is 6.23. The third-order valence-corrected chi connectivity index (χ3v) is 2.61. The second-order valence-electron chi connectivity index (χ2n) is 4.16. The van der Waals surface area contributed by atoms with Gasteiger partial charge in [-0.1, -0.05) is 13.8 Å². The van der Waals surface area contributed by atoms with Crippen LogP contribution in [0.15, 0.2) is 24.5 Å². The predicted octanol–water partition coefficient (Wildman–Crippen LogP) is 0.929. The van der Waals surface area contributed by atoms with Crippen molar-refractivity contribution in [2.24, 2.45) is 17.6 Å². The zero-order chi connectivity index (χ0) is 12.0. The summed E-state index contributed by atoms with van der Waals surface area (Å²) in [5.41, 5.74) is 6.62. The van der Waals surface area contributed by atoms with Crippen molar-refractivity contribution in [3.8, 4) is 0 Å². The van der Waals surface area contributed by atoms with Crippen LogP contribution in [0.5, 0.6) is 0 Å². The van der Waals surface area contributed by atoms with E-state index in [1.54, 1.807) is 12.4 Å². The molecule has 0 bridgehead atoms. The molecule has 4 nitrogen and oxygen atoms in total. The first kappa shape index (κ1) is 12.6. The van der Waals surface area contributed by atoms with Crippen LogP contribution in [-0.2, 0) is 11.3 Å². The van der Waals surface area contributed by atoms with Gasteiger partial charge in [-0.2, -0.15) is 0 Å². The zero-order valence-corrected chi connectivity index (χ0v) is 9.81. The van der Waals surface area contributed by atoms with Crippen molar-refractivity contribution in [2.45, 2.75) is 20.4 Å². The number of pyridine rings is 1. The van der Waals surface area contributed by atoms with Gasteiger partial charge in [-0.15, -0.1) is 0 Å². The van der Waals surface area contributed by atoms with E-state index in [1.165, 1.54) is 0 Å². The Labute approximate surface area is 96.3 Å². The Kier molecular flexibility index (Phi) is 4.92. The van der Waals surface area contributed by atoms with Gasteiger partial charge >= 0.3 is 0 Å². The smallest absolute Gasteiger partial charge is 0.224 e. The lowest BCUT2D eigenvalue weighted by Gasteiger charge is -2.18. The third kappa shape index (κ3) is 3.62. The number of hydrogen-bond donors (Lipinski definition) is 2. The van der Waals surface area contributed by atoms with Gasteiger partial charge in [0, 0.05) is 25.5 Å². The molecule has 0 saturated carbocycles. The molecule has 0 aromatic carbocycles. The maximum Gasteiger partial charge on any atom is 0.224 e. The minimum atomic E-state index is -0.109. The Balaban J connectivity index is 2.46. The van der Waals surface area contributed by atoms with Gasteiger partial charge in [0.1, 0.15) is 0 Å². The van der Waals surface area contributed by atoms with E-state index in [-0.39, 0.29) is 17.7 Å². The molecule has 1 aromatic rings. The summed E-state index contributed by atoms with van der Waals surface area (Å²) >= 11 is 0. The molecule has 1 aromatic heterocycles. The van der Waals surface area contributed by atoms with E-state index in [0.717, 1.165) is 5.56 Å². The average molecular weight is 221 g/mol. The molecule has 0 aliphatic heterocycles. The number of carbonyl (C=O) groups excluding carboxylic acids is 1. The van der Waals surface area contributed by atoms with E-state index in [9.17, 15) is 4.79 Å². The van der Waals surface area contributed by atoms with Crippen LogP contribution in [0.1, 0.15) is 19.4 Å². The van der Waals surface area contributed by atoms with Crippen molar-refractivity contribution in [3.63, 3.8) is 0 Å². The maximum atomic E-state index is 11.8. The Hall–Kier alpha value is -1.42. The van der Waals surface area contributed by atoms with Gasteiger partial charge in [-0.3, -0.25) is 9.78 Å². The molecule has 3 N–H and O–H groups in total. The third-order valence-electron chi connectivity index (χ3n) is 2.61. The summed E-state index contributed by atoms with van der Waals surface area (Å²) in [7, 11) is 0. The van der Waals surface area contributed by atoms with Gasteiger partial charge < -0.3 is 11.1 Å². The van der Waals surface area contributed by atoms with Crippen molar-refractivity contribution < 1.29 is 4.79 Å². The molecule has 0 radical (unpaired) electrons. The fraction of sp³-hybridized carbons (Fsp3) is 0.500. The largest absolute Gasteiger partial charge is 0.352 e. The van der Waals surface area contributed by atoms with E-state index >= 15 is 0 Å². The standard InChI is InChI=1S/C12H19N3O/c1-9(2)11(7-13)12(16)15-8-10-3-5-14-6-4-10/h3-6,9,11H,7-8,13H2,1-2H3,(H,15,16). The molecule has 0 aliphatic carbocycles. The van der Waals surface area contributed by atoms with Gasteiger partial charge in [0.25, 0.3) is 0 Å². The first-order valence-corrected chi connectivity index (χ1v) is 5.51. The van der Waals surface area contributed by atoms with E-state index < -0.39 is 0 Å². The quantitative estimate of drug-likeness (QED) is 0.777. The van der Waals surface area contributed by atoms with Crippen LogP contribution < -0.4 is 11.1 Å². The molecule has 88 valence electrons. The highest BCUT2D eigenvalue weighted by Crippen LogP contribution is 2.09. The minimum Gasteiger partial charge on any atom is -0.352 e. The summed E-state index contributed by atoms with van der Waals surface area (Å²) in [5, 5.41) is 2.88. The van der Waals surface area contributed by atoms with Gasteiger partial charge in [-0.05, 0) is 23.6 Å². The number of nitrogens with two attached hydrogens (primary N) is 1. The Bertz CT molecular complexity index is 324. The lowest BCUT2D eigenvalue weighted by Crippen LogP contribution is -2.37. The molecule has 0 saturated heterocycles. The Morgan fingerprint density at radius 2 is 2.06 bits per heavy atom. The molecular weight excluding hydrogens is 202 g/mol. The summed E-state index contributed by atoms with van der Waals surface area (Å²) in [4.78, 5) is 15.7. The van der Waals surface area contributed by atoms with Crippen molar-refractivity contribution >= 4 is 5.91 Å². The van der Waals surface area contributed by atoms with Gasteiger partial charge in [0.15, 0.2) is 0 Å². The Morgan fingerprint density at radius 3 is 2.56 bits per heavy atom. The minimum absolute atomic E-state index is 0.0225. The van der Waals surface area contributed by atoms with Crippen LogP contribution in [0.4, 0.5) is 0 Å². The van der Waals surface area contributed by atoms with Crippen LogP contribution in [0, 0.1) is 11.8 Å². The Morgan fingerprint density at radius 1 is 1.44 bits per heavy atom. The van der Waals surface area contributed by atoms with Crippen LogP contribution in [-0.4, -0.2) is 17.4 Å². The molecule has 1 heterocycles. The number of amides is 1. The fourth-order valence-corrected chi connectivity index (χ4v) is 1.50. The van der Waals surface area contributed by atoms with Crippen molar-refractivity contribution in [2.75, 3.05) is 6.54 Å². The zero-order valence-electron chi connectivity index (χ0n) is 9.81. The normalized spacial score (nSPS) is 12.5. The molecule has 16 heavy (non-hydrogen) atoms.